The van der Waals surface area contributed by atoms with E-state index in [1.54, 1.807) is 0 Å². The van der Waals surface area contributed by atoms with Crippen molar-refractivity contribution in [1.82, 2.24) is 15.1 Å². The molecule has 5 heteroatoms. The third-order valence-corrected chi connectivity index (χ3v) is 4.97. The number of piperazine rings is 1. The van der Waals surface area contributed by atoms with E-state index in [9.17, 15) is 4.79 Å². The number of likely N-dealkylation sites (tertiary alicyclic amines) is 1. The summed E-state index contributed by atoms with van der Waals surface area (Å²) < 4.78 is 1.10. The molecule has 3 rings (SSSR count). The molecule has 4 nitrogen and oxygen atoms in total. The molecule has 1 unspecified atom stereocenters. The zero-order valence-corrected chi connectivity index (χ0v) is 14.3. The summed E-state index contributed by atoms with van der Waals surface area (Å²) in [6.07, 6.45) is 0. The summed E-state index contributed by atoms with van der Waals surface area (Å²) >= 11 is 3.48. The predicted molar refractivity (Wildman–Crippen MR) is 87.5 cm³/mol. The fourth-order valence-electron chi connectivity index (χ4n) is 3.62. The number of benzene rings is 1. The Morgan fingerprint density at radius 1 is 1.24 bits per heavy atom. The van der Waals surface area contributed by atoms with E-state index in [1.165, 1.54) is 5.56 Å². The third-order valence-electron chi connectivity index (χ3n) is 4.44. The molecule has 1 aromatic carbocycles. The van der Waals surface area contributed by atoms with Gasteiger partial charge >= 0.3 is 6.03 Å². The molecule has 2 fully saturated rings. The Hall–Kier alpha value is -1.07. The average Bonchev–Trinajstić information content (AvgIpc) is 2.40. The lowest BCUT2D eigenvalue weighted by atomic mass is 9.72. The molecule has 21 heavy (non-hydrogen) atoms. The van der Waals surface area contributed by atoms with Crippen molar-refractivity contribution in [3.63, 3.8) is 0 Å². The standard InChI is InChI=1S/C16H22BrN3O/c1-10(2)18-16(21)20-13-8-19(3)9-14(20)15(13)11-4-6-12(17)7-5-11/h4-7,10,13-15H,8-9H2,1-3H3,(H,18,21)/t13-,14+,15?. The van der Waals surface area contributed by atoms with Gasteiger partial charge in [-0.15, -0.1) is 0 Å². The van der Waals surface area contributed by atoms with E-state index in [0.717, 1.165) is 17.6 Å². The monoisotopic (exact) mass is 351 g/mol. The van der Waals surface area contributed by atoms with Crippen molar-refractivity contribution in [3.8, 4) is 0 Å². The number of likely N-dealkylation sites (N-methyl/N-ethyl adjacent to an activating group) is 1. The Bertz CT molecular complexity index is 517. The molecule has 2 aliphatic rings. The van der Waals surface area contributed by atoms with Crippen LogP contribution in [0.2, 0.25) is 0 Å². The Kier molecular flexibility index (Phi) is 3.97. The number of nitrogens with zero attached hydrogens (tertiary/aromatic N) is 2. The zero-order chi connectivity index (χ0) is 15.1. The topological polar surface area (TPSA) is 35.6 Å². The van der Waals surface area contributed by atoms with Crippen molar-refractivity contribution in [3.05, 3.63) is 34.3 Å². The van der Waals surface area contributed by atoms with Gasteiger partial charge in [0.2, 0.25) is 0 Å². The van der Waals surface area contributed by atoms with E-state index in [2.05, 4.69) is 57.5 Å². The van der Waals surface area contributed by atoms with Crippen LogP contribution in [0.4, 0.5) is 4.79 Å². The number of hydrogen-bond acceptors (Lipinski definition) is 2. The maximum Gasteiger partial charge on any atom is 0.318 e. The Labute approximate surface area is 134 Å². The summed E-state index contributed by atoms with van der Waals surface area (Å²) in [6, 6.07) is 9.37. The average molecular weight is 352 g/mol. The Morgan fingerprint density at radius 2 is 1.81 bits per heavy atom. The lowest BCUT2D eigenvalue weighted by Crippen LogP contribution is -2.75. The van der Waals surface area contributed by atoms with Crippen molar-refractivity contribution >= 4 is 22.0 Å². The van der Waals surface area contributed by atoms with Crippen LogP contribution in [-0.4, -0.2) is 54.1 Å². The smallest absolute Gasteiger partial charge is 0.318 e. The lowest BCUT2D eigenvalue weighted by molar-refractivity contribution is -0.0512. The second-order valence-corrected chi connectivity index (χ2v) is 7.36. The van der Waals surface area contributed by atoms with Crippen LogP contribution in [0, 0.1) is 0 Å². The number of carbonyl (C=O) groups is 1. The molecule has 2 saturated heterocycles. The van der Waals surface area contributed by atoms with Gasteiger partial charge in [0.25, 0.3) is 0 Å². The number of carbonyl (C=O) groups excluding carboxylic acids is 1. The van der Waals surface area contributed by atoms with E-state index in [4.69, 9.17) is 0 Å². The molecular formula is C16H22BrN3O. The first-order chi connectivity index (χ1) is 9.97. The molecular weight excluding hydrogens is 330 g/mol. The molecule has 2 aliphatic heterocycles. The summed E-state index contributed by atoms with van der Waals surface area (Å²) in [5, 5.41) is 3.03. The molecule has 0 radical (unpaired) electrons. The summed E-state index contributed by atoms with van der Waals surface area (Å²) in [6.45, 7) is 5.91. The Morgan fingerprint density at radius 3 is 2.33 bits per heavy atom. The number of amides is 2. The van der Waals surface area contributed by atoms with Crippen LogP contribution in [0.3, 0.4) is 0 Å². The SMILES string of the molecule is CC(C)NC(=O)N1[C@@H]2CN(C)C[C@H]1C2c1ccc(Br)cc1. The number of fused-ring (bicyclic) bond motifs is 2. The van der Waals surface area contributed by atoms with Gasteiger partial charge in [-0.2, -0.15) is 0 Å². The van der Waals surface area contributed by atoms with Crippen LogP contribution >= 0.6 is 15.9 Å². The van der Waals surface area contributed by atoms with E-state index in [0.29, 0.717) is 5.92 Å². The first-order valence-corrected chi connectivity index (χ1v) is 8.29. The minimum absolute atomic E-state index is 0.0847. The zero-order valence-electron chi connectivity index (χ0n) is 12.7. The van der Waals surface area contributed by atoms with Crippen molar-refractivity contribution in [2.24, 2.45) is 0 Å². The van der Waals surface area contributed by atoms with E-state index in [-0.39, 0.29) is 24.2 Å². The minimum Gasteiger partial charge on any atom is -0.336 e. The first kappa shape index (κ1) is 14.9. The first-order valence-electron chi connectivity index (χ1n) is 7.50. The predicted octanol–water partition coefficient (Wildman–Crippen LogP) is 2.65. The fourth-order valence-corrected chi connectivity index (χ4v) is 3.88. The van der Waals surface area contributed by atoms with Gasteiger partial charge in [-0.1, -0.05) is 28.1 Å². The molecule has 3 atom stereocenters. The molecule has 0 spiro atoms. The fraction of sp³-hybridized carbons (Fsp3) is 0.562. The molecule has 0 saturated carbocycles. The molecule has 0 aliphatic carbocycles. The number of rotatable bonds is 2. The number of piperidine rings is 1. The maximum atomic E-state index is 12.4. The number of urea groups is 1. The molecule has 114 valence electrons. The molecule has 0 aromatic heterocycles. The van der Waals surface area contributed by atoms with Gasteiger partial charge in [0.1, 0.15) is 0 Å². The van der Waals surface area contributed by atoms with E-state index >= 15 is 0 Å². The van der Waals surface area contributed by atoms with E-state index in [1.807, 2.05) is 18.7 Å². The van der Waals surface area contributed by atoms with Gasteiger partial charge in [-0.25, -0.2) is 4.79 Å². The van der Waals surface area contributed by atoms with Crippen LogP contribution in [0.15, 0.2) is 28.7 Å². The molecule has 1 N–H and O–H groups in total. The van der Waals surface area contributed by atoms with Crippen molar-refractivity contribution < 1.29 is 4.79 Å². The van der Waals surface area contributed by atoms with Gasteiger partial charge in [0.15, 0.2) is 0 Å². The maximum absolute atomic E-state index is 12.4. The van der Waals surface area contributed by atoms with Crippen molar-refractivity contribution in [2.75, 3.05) is 20.1 Å². The summed E-state index contributed by atoms with van der Waals surface area (Å²) in [7, 11) is 2.13. The van der Waals surface area contributed by atoms with Crippen LogP contribution in [0.1, 0.15) is 25.3 Å². The summed E-state index contributed by atoms with van der Waals surface area (Å²) in [5.74, 6) is 0.465. The lowest BCUT2D eigenvalue weighted by Gasteiger charge is -2.61. The van der Waals surface area contributed by atoms with Crippen molar-refractivity contribution in [1.29, 1.82) is 0 Å². The van der Waals surface area contributed by atoms with Gasteiger partial charge in [0, 0.05) is 29.5 Å². The molecule has 2 amide bonds. The van der Waals surface area contributed by atoms with E-state index < -0.39 is 0 Å². The van der Waals surface area contributed by atoms with Gasteiger partial charge < -0.3 is 15.1 Å². The number of nitrogens with one attached hydrogen (secondary N) is 1. The normalized spacial score (nSPS) is 28.4. The van der Waals surface area contributed by atoms with Gasteiger partial charge in [-0.3, -0.25) is 0 Å². The Balaban J connectivity index is 1.79. The highest BCUT2D eigenvalue weighted by atomic mass is 79.9. The van der Waals surface area contributed by atoms with Gasteiger partial charge in [0.05, 0.1) is 12.1 Å². The summed E-state index contributed by atoms with van der Waals surface area (Å²) in [4.78, 5) is 16.7. The second kappa shape index (κ2) is 5.61. The van der Waals surface area contributed by atoms with Crippen molar-refractivity contribution in [2.45, 2.75) is 37.9 Å². The molecule has 2 heterocycles. The quantitative estimate of drug-likeness (QED) is 0.888. The van der Waals surface area contributed by atoms with Crippen LogP contribution in [0.25, 0.3) is 0 Å². The second-order valence-electron chi connectivity index (χ2n) is 6.44. The van der Waals surface area contributed by atoms with Crippen LogP contribution in [0.5, 0.6) is 0 Å². The van der Waals surface area contributed by atoms with Crippen LogP contribution in [-0.2, 0) is 0 Å². The minimum atomic E-state index is 0.0847. The summed E-state index contributed by atoms with van der Waals surface area (Å²) in [5.41, 5.74) is 1.34. The van der Waals surface area contributed by atoms with Gasteiger partial charge in [-0.05, 0) is 38.6 Å². The van der Waals surface area contributed by atoms with Crippen LogP contribution < -0.4 is 5.32 Å². The highest BCUT2D eigenvalue weighted by Gasteiger charge is 2.55. The highest BCUT2D eigenvalue weighted by molar-refractivity contribution is 9.10. The largest absolute Gasteiger partial charge is 0.336 e. The third kappa shape index (κ3) is 2.69. The highest BCUT2D eigenvalue weighted by Crippen LogP contribution is 2.44. The number of hydrogen-bond donors (Lipinski definition) is 1. The molecule has 2 bridgehead atoms. The number of halogens is 1. The molecule has 1 aromatic rings.